The van der Waals surface area contributed by atoms with E-state index in [0.29, 0.717) is 0 Å². The van der Waals surface area contributed by atoms with E-state index in [-0.39, 0.29) is 6.04 Å². The van der Waals surface area contributed by atoms with Crippen LogP contribution < -0.4 is 5.73 Å². The second-order valence-electron chi connectivity index (χ2n) is 4.76. The van der Waals surface area contributed by atoms with Crippen LogP contribution in [0.1, 0.15) is 39.2 Å². The van der Waals surface area contributed by atoms with Crippen molar-refractivity contribution >= 4 is 22.9 Å². The van der Waals surface area contributed by atoms with Crippen molar-refractivity contribution in [2.24, 2.45) is 5.73 Å². The first kappa shape index (κ1) is 12.2. The molecular weight excluding hydrogens is 264 g/mol. The highest BCUT2D eigenvalue weighted by atomic mass is 35.5. The van der Waals surface area contributed by atoms with Gasteiger partial charge in [-0.25, -0.2) is 4.98 Å². The van der Waals surface area contributed by atoms with E-state index in [0.717, 1.165) is 34.0 Å². The first-order valence-corrected chi connectivity index (χ1v) is 7.34. The van der Waals surface area contributed by atoms with E-state index in [1.807, 2.05) is 25.1 Å². The van der Waals surface area contributed by atoms with Gasteiger partial charge >= 0.3 is 0 Å². The van der Waals surface area contributed by atoms with Crippen molar-refractivity contribution < 1.29 is 0 Å². The Balaban J connectivity index is 1.93. The Hall–Kier alpha value is -0.900. The standard InChI is InChI=1S/C14H15ClN2S/c1-8-5-6-9(7-10(8)15)13(16)14-17-11-3-2-4-12(11)18-14/h5-7,13H,2-4,16H2,1H3. The van der Waals surface area contributed by atoms with Crippen molar-refractivity contribution in [1.82, 2.24) is 4.98 Å². The minimum absolute atomic E-state index is 0.154. The normalized spacial score (nSPS) is 15.7. The van der Waals surface area contributed by atoms with Crippen molar-refractivity contribution in [2.45, 2.75) is 32.2 Å². The number of nitrogens with zero attached hydrogens (tertiary/aromatic N) is 1. The highest BCUT2D eigenvalue weighted by Gasteiger charge is 2.21. The molecule has 0 radical (unpaired) electrons. The van der Waals surface area contributed by atoms with Crippen LogP contribution >= 0.6 is 22.9 Å². The molecule has 1 aliphatic rings. The molecule has 1 aromatic heterocycles. The molecule has 2 aromatic rings. The van der Waals surface area contributed by atoms with Crippen LogP contribution in [0, 0.1) is 6.92 Å². The van der Waals surface area contributed by atoms with E-state index in [2.05, 4.69) is 4.98 Å². The first-order chi connectivity index (χ1) is 8.65. The van der Waals surface area contributed by atoms with Crippen molar-refractivity contribution in [1.29, 1.82) is 0 Å². The van der Waals surface area contributed by atoms with Gasteiger partial charge in [0.15, 0.2) is 0 Å². The molecule has 1 unspecified atom stereocenters. The molecule has 2 nitrogen and oxygen atoms in total. The summed E-state index contributed by atoms with van der Waals surface area (Å²) in [5.74, 6) is 0. The summed E-state index contributed by atoms with van der Waals surface area (Å²) in [5, 5.41) is 1.78. The summed E-state index contributed by atoms with van der Waals surface area (Å²) in [6.45, 7) is 2.00. The molecular formula is C14H15ClN2S. The Bertz CT molecular complexity index is 570. The lowest BCUT2D eigenvalue weighted by Crippen LogP contribution is -2.11. The molecule has 1 aromatic carbocycles. The van der Waals surface area contributed by atoms with Crippen LogP contribution in [0.2, 0.25) is 5.02 Å². The fourth-order valence-electron chi connectivity index (χ4n) is 2.29. The van der Waals surface area contributed by atoms with E-state index in [1.165, 1.54) is 17.0 Å². The largest absolute Gasteiger partial charge is 0.318 e. The number of thiazole rings is 1. The first-order valence-electron chi connectivity index (χ1n) is 6.15. The van der Waals surface area contributed by atoms with Gasteiger partial charge in [0.25, 0.3) is 0 Å². The number of fused-ring (bicyclic) bond motifs is 1. The second-order valence-corrected chi connectivity index (χ2v) is 6.28. The third-order valence-electron chi connectivity index (χ3n) is 3.43. The fraction of sp³-hybridized carbons (Fsp3) is 0.357. The van der Waals surface area contributed by atoms with Gasteiger partial charge in [0.05, 0.1) is 11.7 Å². The average molecular weight is 279 g/mol. The van der Waals surface area contributed by atoms with Gasteiger partial charge < -0.3 is 5.73 Å². The molecule has 18 heavy (non-hydrogen) atoms. The van der Waals surface area contributed by atoms with Crippen LogP contribution in [0.15, 0.2) is 18.2 Å². The molecule has 0 saturated heterocycles. The number of benzene rings is 1. The number of aromatic nitrogens is 1. The summed E-state index contributed by atoms with van der Waals surface area (Å²) in [5.41, 5.74) is 9.66. The number of nitrogens with two attached hydrogens (primary N) is 1. The molecule has 94 valence electrons. The topological polar surface area (TPSA) is 38.9 Å². The molecule has 1 atom stereocenters. The number of hydrogen-bond acceptors (Lipinski definition) is 3. The molecule has 0 fully saturated rings. The van der Waals surface area contributed by atoms with E-state index in [4.69, 9.17) is 17.3 Å². The van der Waals surface area contributed by atoms with E-state index >= 15 is 0 Å². The molecule has 0 bridgehead atoms. The third kappa shape index (κ3) is 2.07. The average Bonchev–Trinajstić information content (AvgIpc) is 2.92. The Kier molecular flexibility index (Phi) is 3.14. The van der Waals surface area contributed by atoms with Gasteiger partial charge in [0.1, 0.15) is 5.01 Å². The predicted molar refractivity (Wildman–Crippen MR) is 76.4 cm³/mol. The quantitative estimate of drug-likeness (QED) is 0.911. The summed E-state index contributed by atoms with van der Waals surface area (Å²) in [7, 11) is 0. The Morgan fingerprint density at radius 1 is 1.39 bits per heavy atom. The zero-order valence-electron chi connectivity index (χ0n) is 10.2. The zero-order chi connectivity index (χ0) is 12.7. The summed E-state index contributed by atoms with van der Waals surface area (Å²) < 4.78 is 0. The van der Waals surface area contributed by atoms with Gasteiger partial charge in [0.2, 0.25) is 0 Å². The van der Waals surface area contributed by atoms with Crippen LogP contribution in [0.4, 0.5) is 0 Å². The molecule has 0 saturated carbocycles. The maximum absolute atomic E-state index is 6.29. The minimum atomic E-state index is -0.154. The van der Waals surface area contributed by atoms with E-state index in [9.17, 15) is 0 Å². The van der Waals surface area contributed by atoms with Crippen LogP contribution in [-0.4, -0.2) is 4.98 Å². The Morgan fingerprint density at radius 2 is 2.22 bits per heavy atom. The van der Waals surface area contributed by atoms with Crippen LogP contribution in [-0.2, 0) is 12.8 Å². The van der Waals surface area contributed by atoms with Gasteiger partial charge in [-0.05, 0) is 43.4 Å². The molecule has 2 N–H and O–H groups in total. The summed E-state index contributed by atoms with van der Waals surface area (Å²) >= 11 is 7.90. The van der Waals surface area contributed by atoms with E-state index in [1.54, 1.807) is 11.3 Å². The lowest BCUT2D eigenvalue weighted by Gasteiger charge is -2.10. The SMILES string of the molecule is Cc1ccc(C(N)c2nc3c(s2)CCC3)cc1Cl. The van der Waals surface area contributed by atoms with Gasteiger partial charge in [-0.3, -0.25) is 0 Å². The molecule has 0 amide bonds. The number of hydrogen-bond donors (Lipinski definition) is 1. The van der Waals surface area contributed by atoms with Crippen LogP contribution in [0.5, 0.6) is 0 Å². The van der Waals surface area contributed by atoms with Crippen LogP contribution in [0.3, 0.4) is 0 Å². The van der Waals surface area contributed by atoms with Gasteiger partial charge in [-0.1, -0.05) is 23.7 Å². The highest BCUT2D eigenvalue weighted by Crippen LogP contribution is 2.33. The minimum Gasteiger partial charge on any atom is -0.318 e. The molecule has 0 aliphatic heterocycles. The lowest BCUT2D eigenvalue weighted by molar-refractivity contribution is 0.833. The van der Waals surface area contributed by atoms with Crippen LogP contribution in [0.25, 0.3) is 0 Å². The van der Waals surface area contributed by atoms with Crippen molar-refractivity contribution in [3.05, 3.63) is 49.9 Å². The number of rotatable bonds is 2. The summed E-state index contributed by atoms with van der Waals surface area (Å²) in [6, 6.07) is 5.85. The molecule has 3 rings (SSSR count). The fourth-order valence-corrected chi connectivity index (χ4v) is 3.66. The van der Waals surface area contributed by atoms with Crippen molar-refractivity contribution in [3.63, 3.8) is 0 Å². The molecule has 4 heteroatoms. The van der Waals surface area contributed by atoms with Crippen molar-refractivity contribution in [3.8, 4) is 0 Å². The molecule has 1 heterocycles. The summed E-state index contributed by atoms with van der Waals surface area (Å²) in [6.07, 6.45) is 3.50. The van der Waals surface area contributed by atoms with Gasteiger partial charge in [-0.2, -0.15) is 0 Å². The number of halogens is 1. The maximum atomic E-state index is 6.29. The lowest BCUT2D eigenvalue weighted by atomic mass is 10.1. The van der Waals surface area contributed by atoms with Crippen molar-refractivity contribution in [2.75, 3.05) is 0 Å². The highest BCUT2D eigenvalue weighted by molar-refractivity contribution is 7.11. The smallest absolute Gasteiger partial charge is 0.114 e. The maximum Gasteiger partial charge on any atom is 0.114 e. The second kappa shape index (κ2) is 4.65. The zero-order valence-corrected chi connectivity index (χ0v) is 11.8. The monoisotopic (exact) mass is 278 g/mol. The van der Waals surface area contributed by atoms with Gasteiger partial charge in [-0.15, -0.1) is 11.3 Å². The predicted octanol–water partition coefficient (Wildman–Crippen LogP) is 3.64. The Labute approximate surface area is 116 Å². The Morgan fingerprint density at radius 3 is 2.94 bits per heavy atom. The number of aryl methyl sites for hydroxylation is 3. The van der Waals surface area contributed by atoms with Gasteiger partial charge in [0, 0.05) is 9.90 Å². The summed E-state index contributed by atoms with van der Waals surface area (Å²) in [4.78, 5) is 6.09. The third-order valence-corrected chi connectivity index (χ3v) is 5.08. The molecule has 1 aliphatic carbocycles. The van der Waals surface area contributed by atoms with E-state index < -0.39 is 0 Å². The molecule has 0 spiro atoms.